The predicted molar refractivity (Wildman–Crippen MR) is 141 cm³/mol. The van der Waals surface area contributed by atoms with Gasteiger partial charge in [0.2, 0.25) is 21.8 Å². The minimum atomic E-state index is -3.78. The van der Waals surface area contributed by atoms with Gasteiger partial charge < -0.3 is 10.2 Å². The van der Waals surface area contributed by atoms with E-state index in [0.29, 0.717) is 27.8 Å². The van der Waals surface area contributed by atoms with Crippen molar-refractivity contribution in [1.29, 1.82) is 0 Å². The largest absolute Gasteiger partial charge is 0.354 e. The number of carbonyl (C=O) groups excluding carboxylic acids is 2. The molecular formula is C23H28BrCl2N3O4S. The molecule has 0 aliphatic heterocycles. The Bertz CT molecular complexity index is 1110. The van der Waals surface area contributed by atoms with Crippen molar-refractivity contribution < 1.29 is 18.0 Å². The number of anilines is 1. The lowest BCUT2D eigenvalue weighted by Crippen LogP contribution is -2.51. The molecule has 0 saturated heterocycles. The molecule has 0 radical (unpaired) electrons. The van der Waals surface area contributed by atoms with Crippen LogP contribution in [0, 0.1) is 0 Å². The average molecular weight is 593 g/mol. The van der Waals surface area contributed by atoms with Gasteiger partial charge in [-0.2, -0.15) is 0 Å². The summed E-state index contributed by atoms with van der Waals surface area (Å²) in [6, 6.07) is 10.7. The van der Waals surface area contributed by atoms with E-state index in [2.05, 4.69) is 21.2 Å². The Hall–Kier alpha value is -1.81. The Morgan fingerprint density at radius 2 is 1.74 bits per heavy atom. The third-order valence-corrected chi connectivity index (χ3v) is 7.54. The van der Waals surface area contributed by atoms with Crippen molar-refractivity contribution in [3.63, 3.8) is 0 Å². The van der Waals surface area contributed by atoms with Gasteiger partial charge in [0.25, 0.3) is 0 Å². The molecule has 0 unspecified atom stereocenters. The standard InChI is InChI=1S/C23H28BrCl2N3O4S/c1-4-5-12-27-23(31)16(2)28(14-17-6-11-20(25)21(26)13-17)22(30)15-29(34(3,32)33)19-9-7-18(24)8-10-19/h6-11,13,16H,4-5,12,14-15H2,1-3H3,(H,27,31)/t16-/m1/s1. The summed E-state index contributed by atoms with van der Waals surface area (Å²) in [7, 11) is -3.78. The summed E-state index contributed by atoms with van der Waals surface area (Å²) in [6.45, 7) is 3.70. The second-order valence-electron chi connectivity index (χ2n) is 7.84. The van der Waals surface area contributed by atoms with Gasteiger partial charge in [-0.15, -0.1) is 0 Å². The van der Waals surface area contributed by atoms with Crippen LogP contribution in [0.3, 0.4) is 0 Å². The number of benzene rings is 2. The molecule has 11 heteroatoms. The van der Waals surface area contributed by atoms with Crippen LogP contribution in [0.5, 0.6) is 0 Å². The molecule has 0 saturated carbocycles. The molecule has 1 N–H and O–H groups in total. The second-order valence-corrected chi connectivity index (χ2v) is 11.5. The molecule has 186 valence electrons. The number of nitrogens with one attached hydrogen (secondary N) is 1. The van der Waals surface area contributed by atoms with E-state index in [0.717, 1.165) is 27.9 Å². The molecule has 34 heavy (non-hydrogen) atoms. The molecule has 0 aliphatic carbocycles. The predicted octanol–water partition coefficient (Wildman–Crippen LogP) is 4.86. The Kier molecular flexibility index (Phi) is 10.7. The monoisotopic (exact) mass is 591 g/mol. The van der Waals surface area contributed by atoms with Gasteiger partial charge in [0.05, 0.1) is 22.0 Å². The fourth-order valence-corrected chi connectivity index (χ4v) is 4.61. The van der Waals surface area contributed by atoms with Crippen molar-refractivity contribution in [3.05, 3.63) is 62.5 Å². The zero-order valence-electron chi connectivity index (χ0n) is 19.2. The number of amides is 2. The molecule has 0 spiro atoms. The summed E-state index contributed by atoms with van der Waals surface area (Å²) in [5.41, 5.74) is 0.999. The third-order valence-electron chi connectivity index (χ3n) is 5.13. The summed E-state index contributed by atoms with van der Waals surface area (Å²) in [5.74, 6) is -0.853. The average Bonchev–Trinajstić information content (AvgIpc) is 2.77. The summed E-state index contributed by atoms with van der Waals surface area (Å²) in [4.78, 5) is 27.6. The first kappa shape index (κ1) is 28.4. The van der Waals surface area contributed by atoms with Crippen molar-refractivity contribution in [1.82, 2.24) is 10.2 Å². The minimum absolute atomic E-state index is 0.0516. The highest BCUT2D eigenvalue weighted by molar-refractivity contribution is 9.10. The Morgan fingerprint density at radius 3 is 2.29 bits per heavy atom. The Balaban J connectivity index is 2.36. The van der Waals surface area contributed by atoms with Gasteiger partial charge in [-0.05, 0) is 55.3 Å². The number of rotatable bonds is 11. The molecule has 0 heterocycles. The van der Waals surface area contributed by atoms with Crippen LogP contribution >= 0.6 is 39.1 Å². The van der Waals surface area contributed by atoms with Crippen molar-refractivity contribution in [2.24, 2.45) is 0 Å². The first-order chi connectivity index (χ1) is 15.9. The zero-order chi connectivity index (χ0) is 25.5. The maximum atomic E-state index is 13.4. The molecule has 2 rings (SSSR count). The molecule has 1 atom stereocenters. The number of hydrogen-bond donors (Lipinski definition) is 1. The lowest BCUT2D eigenvalue weighted by molar-refractivity contribution is -0.139. The SMILES string of the molecule is CCCCNC(=O)[C@@H](C)N(Cc1ccc(Cl)c(Cl)c1)C(=O)CN(c1ccc(Br)cc1)S(C)(=O)=O. The number of sulfonamides is 1. The van der Waals surface area contributed by atoms with Crippen LogP contribution in [0.2, 0.25) is 10.0 Å². The van der Waals surface area contributed by atoms with Crippen molar-refractivity contribution in [2.45, 2.75) is 39.3 Å². The normalized spacial score (nSPS) is 12.2. The highest BCUT2D eigenvalue weighted by Crippen LogP contribution is 2.25. The van der Waals surface area contributed by atoms with Gasteiger partial charge in [-0.25, -0.2) is 8.42 Å². The topological polar surface area (TPSA) is 86.8 Å². The van der Waals surface area contributed by atoms with Gasteiger partial charge >= 0.3 is 0 Å². The molecule has 2 aromatic rings. The zero-order valence-corrected chi connectivity index (χ0v) is 23.1. The van der Waals surface area contributed by atoms with Gasteiger partial charge in [0, 0.05) is 17.6 Å². The van der Waals surface area contributed by atoms with Gasteiger partial charge in [0.1, 0.15) is 12.6 Å². The maximum absolute atomic E-state index is 13.4. The number of carbonyl (C=O) groups is 2. The van der Waals surface area contributed by atoms with Crippen LogP contribution in [-0.4, -0.2) is 50.5 Å². The number of unbranched alkanes of at least 4 members (excludes halogenated alkanes) is 1. The van der Waals surface area contributed by atoms with Crippen LogP contribution in [0.25, 0.3) is 0 Å². The lowest BCUT2D eigenvalue weighted by Gasteiger charge is -2.31. The van der Waals surface area contributed by atoms with Gasteiger partial charge in [0.15, 0.2) is 0 Å². The number of halogens is 3. The van der Waals surface area contributed by atoms with E-state index >= 15 is 0 Å². The van der Waals surface area contributed by atoms with Crippen LogP contribution in [0.4, 0.5) is 5.69 Å². The first-order valence-corrected chi connectivity index (χ1v) is 14.1. The first-order valence-electron chi connectivity index (χ1n) is 10.7. The summed E-state index contributed by atoms with van der Waals surface area (Å²) < 4.78 is 26.8. The smallest absolute Gasteiger partial charge is 0.244 e. The summed E-state index contributed by atoms with van der Waals surface area (Å²) >= 11 is 15.5. The second kappa shape index (κ2) is 12.8. The maximum Gasteiger partial charge on any atom is 0.244 e. The molecule has 2 amide bonds. The quantitative estimate of drug-likeness (QED) is 0.378. The van der Waals surface area contributed by atoms with Crippen LogP contribution in [-0.2, 0) is 26.2 Å². The lowest BCUT2D eigenvalue weighted by atomic mass is 10.1. The van der Waals surface area contributed by atoms with E-state index in [4.69, 9.17) is 23.2 Å². The van der Waals surface area contributed by atoms with Crippen LogP contribution in [0.1, 0.15) is 32.3 Å². The fraction of sp³-hybridized carbons (Fsp3) is 0.391. The Morgan fingerprint density at radius 1 is 1.09 bits per heavy atom. The van der Waals surface area contributed by atoms with Crippen molar-refractivity contribution in [2.75, 3.05) is 23.7 Å². The molecule has 7 nitrogen and oxygen atoms in total. The van der Waals surface area contributed by atoms with E-state index in [9.17, 15) is 18.0 Å². The van der Waals surface area contributed by atoms with Crippen LogP contribution in [0.15, 0.2) is 46.9 Å². The van der Waals surface area contributed by atoms with E-state index in [1.165, 1.54) is 4.90 Å². The summed E-state index contributed by atoms with van der Waals surface area (Å²) in [5, 5.41) is 3.52. The van der Waals surface area contributed by atoms with E-state index < -0.39 is 28.5 Å². The fourth-order valence-electron chi connectivity index (χ4n) is 3.17. The van der Waals surface area contributed by atoms with Crippen LogP contribution < -0.4 is 9.62 Å². The van der Waals surface area contributed by atoms with E-state index in [1.807, 2.05) is 6.92 Å². The molecule has 0 aromatic heterocycles. The third kappa shape index (κ3) is 8.15. The number of nitrogens with zero attached hydrogens (tertiary/aromatic N) is 2. The van der Waals surface area contributed by atoms with Gasteiger partial charge in [-0.1, -0.05) is 58.5 Å². The number of hydrogen-bond acceptors (Lipinski definition) is 4. The molecule has 0 fully saturated rings. The summed E-state index contributed by atoms with van der Waals surface area (Å²) in [6.07, 6.45) is 2.76. The van der Waals surface area contributed by atoms with Gasteiger partial charge in [-0.3, -0.25) is 13.9 Å². The highest BCUT2D eigenvalue weighted by atomic mass is 79.9. The van der Waals surface area contributed by atoms with E-state index in [1.54, 1.807) is 49.4 Å². The molecule has 2 aromatic carbocycles. The van der Waals surface area contributed by atoms with Crippen molar-refractivity contribution in [3.8, 4) is 0 Å². The molecule has 0 aliphatic rings. The van der Waals surface area contributed by atoms with E-state index in [-0.39, 0.29) is 12.5 Å². The Labute approximate surface area is 219 Å². The van der Waals surface area contributed by atoms with Crippen molar-refractivity contribution >= 4 is 66.7 Å². The molecular weight excluding hydrogens is 565 g/mol. The minimum Gasteiger partial charge on any atom is -0.354 e. The molecule has 0 bridgehead atoms. The highest BCUT2D eigenvalue weighted by Gasteiger charge is 2.30.